The highest BCUT2D eigenvalue weighted by molar-refractivity contribution is 5.75. The van der Waals surface area contributed by atoms with Crippen molar-refractivity contribution in [1.82, 2.24) is 0 Å². The van der Waals surface area contributed by atoms with Crippen LogP contribution in [0, 0.1) is 34.7 Å². The summed E-state index contributed by atoms with van der Waals surface area (Å²) in [6.07, 6.45) is 4.37. The largest absolute Gasteiger partial charge is 0.426 e. The van der Waals surface area contributed by atoms with E-state index in [1.165, 1.54) is 0 Å². The van der Waals surface area contributed by atoms with Gasteiger partial charge >= 0.3 is 5.97 Å². The third kappa shape index (κ3) is 3.90. The maximum atomic E-state index is 13.3. The van der Waals surface area contributed by atoms with Gasteiger partial charge in [0.2, 0.25) is 0 Å². The zero-order chi connectivity index (χ0) is 20.6. The number of rotatable bonds is 5. The number of halogens is 3. The molecule has 0 amide bonds. The SMILES string of the molecule is CCCC12COC(C3CCC(C(=O)Oc4cc(F)c(F)c(F)c4)CC3)(OC1)OC2. The Bertz CT molecular complexity index is 728. The molecule has 4 fully saturated rings. The number of carbonyl (C=O) groups is 1. The van der Waals surface area contributed by atoms with E-state index >= 15 is 0 Å². The molecule has 0 unspecified atom stereocenters. The van der Waals surface area contributed by atoms with E-state index in [1.54, 1.807) is 0 Å². The molecular weight excluding hydrogens is 389 g/mol. The predicted octanol–water partition coefficient (Wildman–Crippen LogP) is 4.33. The minimum Gasteiger partial charge on any atom is -0.426 e. The molecule has 0 atom stereocenters. The van der Waals surface area contributed by atoms with Crippen molar-refractivity contribution < 1.29 is 36.9 Å². The van der Waals surface area contributed by atoms with Gasteiger partial charge < -0.3 is 18.9 Å². The Balaban J connectivity index is 1.32. The second-order valence-corrected chi connectivity index (χ2v) is 8.39. The third-order valence-corrected chi connectivity index (χ3v) is 6.26. The van der Waals surface area contributed by atoms with Gasteiger partial charge in [-0.2, -0.15) is 0 Å². The van der Waals surface area contributed by atoms with Crippen LogP contribution in [-0.2, 0) is 19.0 Å². The molecule has 0 aromatic heterocycles. The van der Waals surface area contributed by atoms with Gasteiger partial charge in [-0.05, 0) is 32.1 Å². The van der Waals surface area contributed by atoms with Gasteiger partial charge in [-0.3, -0.25) is 4.79 Å². The van der Waals surface area contributed by atoms with Crippen LogP contribution in [0.15, 0.2) is 12.1 Å². The van der Waals surface area contributed by atoms with E-state index in [2.05, 4.69) is 6.92 Å². The second kappa shape index (κ2) is 7.89. The average Bonchev–Trinajstić information content (AvgIpc) is 2.73. The molecular formula is C21H25F3O5. The molecule has 5 rings (SSSR count). The van der Waals surface area contributed by atoms with E-state index in [0.29, 0.717) is 57.6 Å². The van der Waals surface area contributed by atoms with Gasteiger partial charge in [0.25, 0.3) is 5.97 Å². The number of fused-ring (bicyclic) bond motifs is 3. The number of hydrogen-bond acceptors (Lipinski definition) is 5. The summed E-state index contributed by atoms with van der Waals surface area (Å²) in [7, 11) is 0. The van der Waals surface area contributed by atoms with Crippen molar-refractivity contribution in [3.05, 3.63) is 29.6 Å². The third-order valence-electron chi connectivity index (χ3n) is 6.26. The lowest BCUT2D eigenvalue weighted by atomic mass is 9.78. The van der Waals surface area contributed by atoms with E-state index in [4.69, 9.17) is 18.9 Å². The van der Waals surface area contributed by atoms with Crippen molar-refractivity contribution in [2.45, 2.75) is 51.4 Å². The van der Waals surface area contributed by atoms with Gasteiger partial charge in [0.15, 0.2) is 17.5 Å². The maximum Gasteiger partial charge on any atom is 0.314 e. The number of carbonyl (C=O) groups excluding carboxylic acids is 1. The first kappa shape index (κ1) is 20.6. The van der Waals surface area contributed by atoms with Gasteiger partial charge in [0, 0.05) is 23.5 Å². The normalized spacial score (nSPS) is 34.2. The lowest BCUT2D eigenvalue weighted by molar-refractivity contribution is -0.488. The standard InChI is InChI=1S/C21H25F3O5/c1-2-7-20-10-26-21(27-11-20,28-12-20)14-5-3-13(4-6-14)19(25)29-15-8-16(22)18(24)17(23)9-15/h8-9,13-14H,2-7,10-12H2,1H3. The first-order valence-corrected chi connectivity index (χ1v) is 10.1. The molecule has 8 heteroatoms. The van der Waals surface area contributed by atoms with Crippen LogP contribution in [0.3, 0.4) is 0 Å². The van der Waals surface area contributed by atoms with Crippen LogP contribution in [0.4, 0.5) is 13.2 Å². The molecule has 0 radical (unpaired) electrons. The van der Waals surface area contributed by atoms with Crippen LogP contribution >= 0.6 is 0 Å². The summed E-state index contributed by atoms with van der Waals surface area (Å²) in [5.41, 5.74) is -0.0583. The molecule has 3 aliphatic heterocycles. The fourth-order valence-corrected chi connectivity index (χ4v) is 4.58. The fraction of sp³-hybridized carbons (Fsp3) is 0.667. The van der Waals surface area contributed by atoms with Crippen LogP contribution in [0.2, 0.25) is 0 Å². The summed E-state index contributed by atoms with van der Waals surface area (Å²) in [5, 5.41) is 0. The van der Waals surface area contributed by atoms with Crippen molar-refractivity contribution in [2.75, 3.05) is 19.8 Å². The van der Waals surface area contributed by atoms with E-state index < -0.39 is 35.3 Å². The molecule has 1 aliphatic carbocycles. The lowest BCUT2D eigenvalue weighted by Crippen LogP contribution is -2.63. The number of hydrogen-bond donors (Lipinski definition) is 0. The predicted molar refractivity (Wildman–Crippen MR) is 95.3 cm³/mol. The van der Waals surface area contributed by atoms with Crippen molar-refractivity contribution in [1.29, 1.82) is 0 Å². The summed E-state index contributed by atoms with van der Waals surface area (Å²) < 4.78 is 62.7. The molecule has 1 aromatic carbocycles. The van der Waals surface area contributed by atoms with Crippen molar-refractivity contribution in [2.24, 2.45) is 17.3 Å². The maximum absolute atomic E-state index is 13.3. The summed E-state index contributed by atoms with van der Waals surface area (Å²) in [5.74, 6) is -6.73. The number of ether oxygens (including phenoxy) is 4. The molecule has 29 heavy (non-hydrogen) atoms. The zero-order valence-corrected chi connectivity index (χ0v) is 16.3. The van der Waals surface area contributed by atoms with Crippen LogP contribution < -0.4 is 4.74 Å². The highest BCUT2D eigenvalue weighted by Crippen LogP contribution is 2.48. The van der Waals surface area contributed by atoms with Gasteiger partial charge in [-0.25, -0.2) is 13.2 Å². The first-order valence-electron chi connectivity index (χ1n) is 10.1. The summed E-state index contributed by atoms with van der Waals surface area (Å²) >= 11 is 0. The molecule has 160 valence electrons. The Hall–Kier alpha value is -1.64. The topological polar surface area (TPSA) is 54.0 Å². The quantitative estimate of drug-likeness (QED) is 0.408. The number of benzene rings is 1. The Kier molecular flexibility index (Phi) is 5.61. The molecule has 3 saturated heterocycles. The molecule has 1 saturated carbocycles. The van der Waals surface area contributed by atoms with E-state index in [9.17, 15) is 18.0 Å². The van der Waals surface area contributed by atoms with Crippen LogP contribution in [0.5, 0.6) is 5.75 Å². The summed E-state index contributed by atoms with van der Waals surface area (Å²) in [6.45, 7) is 3.97. The number of esters is 1. The average molecular weight is 414 g/mol. The van der Waals surface area contributed by atoms with Gasteiger partial charge in [-0.15, -0.1) is 0 Å². The smallest absolute Gasteiger partial charge is 0.314 e. The molecule has 5 nitrogen and oxygen atoms in total. The van der Waals surface area contributed by atoms with Crippen LogP contribution in [0.25, 0.3) is 0 Å². The fourth-order valence-electron chi connectivity index (χ4n) is 4.58. The monoisotopic (exact) mass is 414 g/mol. The van der Waals surface area contributed by atoms with Crippen LogP contribution in [-0.4, -0.2) is 31.8 Å². The first-order chi connectivity index (χ1) is 13.9. The Morgan fingerprint density at radius 1 is 1.03 bits per heavy atom. The molecule has 3 heterocycles. The zero-order valence-electron chi connectivity index (χ0n) is 16.3. The Labute approximate surface area is 167 Å². The summed E-state index contributed by atoms with van der Waals surface area (Å²) in [6, 6.07) is 1.34. The van der Waals surface area contributed by atoms with Gasteiger partial charge in [0.05, 0.1) is 25.7 Å². The highest BCUT2D eigenvalue weighted by Gasteiger charge is 2.56. The molecule has 4 aliphatic rings. The molecule has 0 N–H and O–H groups in total. The van der Waals surface area contributed by atoms with E-state index in [-0.39, 0.29) is 17.1 Å². The molecule has 0 spiro atoms. The van der Waals surface area contributed by atoms with Crippen molar-refractivity contribution >= 4 is 5.97 Å². The van der Waals surface area contributed by atoms with Crippen LogP contribution in [0.1, 0.15) is 45.4 Å². The molecule has 1 aromatic rings. The minimum atomic E-state index is -1.59. The Morgan fingerprint density at radius 2 is 1.59 bits per heavy atom. The lowest BCUT2D eigenvalue weighted by Gasteiger charge is -2.55. The highest BCUT2D eigenvalue weighted by atomic mass is 19.2. The van der Waals surface area contributed by atoms with E-state index in [1.807, 2.05) is 0 Å². The molecule has 2 bridgehead atoms. The van der Waals surface area contributed by atoms with Gasteiger partial charge in [0.1, 0.15) is 5.75 Å². The van der Waals surface area contributed by atoms with Crippen molar-refractivity contribution in [3.63, 3.8) is 0 Å². The van der Waals surface area contributed by atoms with E-state index in [0.717, 1.165) is 12.8 Å². The van der Waals surface area contributed by atoms with Gasteiger partial charge in [-0.1, -0.05) is 13.3 Å². The second-order valence-electron chi connectivity index (χ2n) is 8.39. The summed E-state index contributed by atoms with van der Waals surface area (Å²) in [4.78, 5) is 12.4. The Morgan fingerprint density at radius 3 is 2.10 bits per heavy atom. The van der Waals surface area contributed by atoms with Crippen molar-refractivity contribution in [3.8, 4) is 5.75 Å². The minimum absolute atomic E-state index is 0.00665.